The number of amides is 2. The van der Waals surface area contributed by atoms with Gasteiger partial charge in [-0.1, -0.05) is 12.1 Å². The van der Waals surface area contributed by atoms with Gasteiger partial charge in [0, 0.05) is 58.6 Å². The van der Waals surface area contributed by atoms with Crippen molar-refractivity contribution in [3.8, 4) is 0 Å². The molecule has 0 bridgehead atoms. The molecule has 1 fully saturated rings. The van der Waals surface area contributed by atoms with Crippen molar-refractivity contribution in [2.75, 3.05) is 41.8 Å². The number of rotatable bonds is 6. The van der Waals surface area contributed by atoms with Crippen molar-refractivity contribution in [1.29, 1.82) is 0 Å². The first-order chi connectivity index (χ1) is 17.0. The molecule has 35 heavy (non-hydrogen) atoms. The summed E-state index contributed by atoms with van der Waals surface area (Å²) in [6, 6.07) is 19.3. The Morgan fingerprint density at radius 1 is 0.943 bits per heavy atom. The highest BCUT2D eigenvalue weighted by atomic mass is 16.5. The zero-order valence-corrected chi connectivity index (χ0v) is 18.9. The summed E-state index contributed by atoms with van der Waals surface area (Å²) >= 11 is 0. The monoisotopic (exact) mass is 468 g/mol. The predicted molar refractivity (Wildman–Crippen MR) is 135 cm³/mol. The Kier molecular flexibility index (Phi) is 6.03. The van der Waals surface area contributed by atoms with Crippen LogP contribution in [0.25, 0.3) is 5.57 Å². The average Bonchev–Trinajstić information content (AvgIpc) is 3.22. The third-order valence-corrected chi connectivity index (χ3v) is 6.10. The van der Waals surface area contributed by atoms with E-state index in [0.29, 0.717) is 28.0 Å². The van der Waals surface area contributed by atoms with Crippen LogP contribution in [0, 0.1) is 0 Å². The van der Waals surface area contributed by atoms with Crippen LogP contribution in [0.3, 0.4) is 0 Å². The highest BCUT2D eigenvalue weighted by molar-refractivity contribution is 6.32. The summed E-state index contributed by atoms with van der Waals surface area (Å²) in [6.45, 7) is 3.17. The Labute approximate surface area is 202 Å². The van der Waals surface area contributed by atoms with Crippen LogP contribution in [0.2, 0.25) is 0 Å². The molecule has 3 aromatic rings. The molecule has 2 amide bonds. The van der Waals surface area contributed by atoms with Crippen LogP contribution >= 0.6 is 0 Å². The molecule has 0 atom stereocenters. The van der Waals surface area contributed by atoms with E-state index >= 15 is 0 Å². The average molecular weight is 469 g/mol. The minimum Gasteiger partial charge on any atom is -0.378 e. The minimum absolute atomic E-state index is 0.252. The van der Waals surface area contributed by atoms with Gasteiger partial charge in [0.05, 0.1) is 18.8 Å². The van der Waals surface area contributed by atoms with Crippen LogP contribution in [0.15, 0.2) is 72.9 Å². The molecule has 176 valence electrons. The third kappa shape index (κ3) is 4.64. The summed E-state index contributed by atoms with van der Waals surface area (Å²) in [4.78, 5) is 39.4. The molecular formula is C27H24N4O4. The summed E-state index contributed by atoms with van der Waals surface area (Å²) in [5.41, 5.74) is 10.0. The number of anilines is 3. The number of hydrogen-bond donors (Lipinski definition) is 3. The fraction of sp³-hybridized carbons (Fsp3) is 0.148. The normalized spacial score (nSPS) is 16.1. The molecule has 3 aromatic carbocycles. The molecule has 8 nitrogen and oxygen atoms in total. The molecule has 8 heteroatoms. The fourth-order valence-electron chi connectivity index (χ4n) is 4.20. The molecule has 1 saturated heterocycles. The molecular weight excluding hydrogens is 444 g/mol. The van der Waals surface area contributed by atoms with Crippen molar-refractivity contribution in [1.82, 2.24) is 0 Å². The summed E-state index contributed by atoms with van der Waals surface area (Å²) in [6.07, 6.45) is 1.65. The topological polar surface area (TPSA) is 114 Å². The molecule has 2 aliphatic rings. The molecule has 5 rings (SSSR count). The SMILES string of the molecule is NC(=O)c1cccc(C(=O)c2ccc3c(c2)/C(=C/Nc2ccc(N4CCOCC4)cc2)C(=O)N3)c1. The van der Waals surface area contributed by atoms with Crippen LogP contribution in [-0.2, 0) is 9.53 Å². The van der Waals surface area contributed by atoms with Crippen molar-refractivity contribution in [2.45, 2.75) is 0 Å². The second-order valence-electron chi connectivity index (χ2n) is 8.34. The van der Waals surface area contributed by atoms with Crippen LogP contribution in [0.5, 0.6) is 0 Å². The molecule has 0 aliphatic carbocycles. The Bertz CT molecular complexity index is 1340. The van der Waals surface area contributed by atoms with Gasteiger partial charge in [0.1, 0.15) is 0 Å². The standard InChI is InChI=1S/C27H24N4O4/c28-26(33)19-3-1-2-17(14-19)25(32)18-4-9-24-22(15-18)23(27(34)30-24)16-29-20-5-7-21(8-6-20)31-10-12-35-13-11-31/h1-9,14-16,29H,10-13H2,(H2,28,33)(H,30,34)/b23-16-. The Hall–Kier alpha value is -4.43. The minimum atomic E-state index is -0.599. The van der Waals surface area contributed by atoms with Gasteiger partial charge in [-0.15, -0.1) is 0 Å². The number of carbonyl (C=O) groups is 3. The maximum absolute atomic E-state index is 13.0. The van der Waals surface area contributed by atoms with E-state index < -0.39 is 5.91 Å². The van der Waals surface area contributed by atoms with E-state index in [1.807, 2.05) is 24.3 Å². The van der Waals surface area contributed by atoms with Crippen molar-refractivity contribution < 1.29 is 19.1 Å². The molecule has 4 N–H and O–H groups in total. The predicted octanol–water partition coefficient (Wildman–Crippen LogP) is 3.26. The zero-order chi connectivity index (χ0) is 24.4. The highest BCUT2D eigenvalue weighted by Gasteiger charge is 2.25. The molecule has 0 saturated carbocycles. The summed E-state index contributed by atoms with van der Waals surface area (Å²) < 4.78 is 5.40. The lowest BCUT2D eigenvalue weighted by molar-refractivity contribution is -0.110. The molecule has 0 unspecified atom stereocenters. The molecule has 0 aromatic heterocycles. The number of ether oxygens (including phenoxy) is 1. The highest BCUT2D eigenvalue weighted by Crippen LogP contribution is 2.33. The molecule has 0 radical (unpaired) electrons. The first-order valence-electron chi connectivity index (χ1n) is 11.3. The number of benzene rings is 3. The summed E-state index contributed by atoms with van der Waals surface area (Å²) in [5, 5.41) is 6.01. The van der Waals surface area contributed by atoms with Crippen molar-refractivity contribution >= 4 is 40.2 Å². The third-order valence-electron chi connectivity index (χ3n) is 6.10. The van der Waals surface area contributed by atoms with E-state index in [1.165, 1.54) is 6.07 Å². The molecule has 0 spiro atoms. The summed E-state index contributed by atoms with van der Waals surface area (Å²) in [7, 11) is 0. The first-order valence-corrected chi connectivity index (χ1v) is 11.3. The molecule has 2 aliphatic heterocycles. The van der Waals surface area contributed by atoms with E-state index in [9.17, 15) is 14.4 Å². The fourth-order valence-corrected chi connectivity index (χ4v) is 4.20. The van der Waals surface area contributed by atoms with Gasteiger partial charge in [-0.3, -0.25) is 14.4 Å². The maximum Gasteiger partial charge on any atom is 0.257 e. The van der Waals surface area contributed by atoms with Crippen LogP contribution < -0.4 is 21.3 Å². The molecule has 2 heterocycles. The van der Waals surface area contributed by atoms with Gasteiger partial charge >= 0.3 is 0 Å². The van der Waals surface area contributed by atoms with E-state index in [2.05, 4.69) is 15.5 Å². The second kappa shape index (κ2) is 9.44. The zero-order valence-electron chi connectivity index (χ0n) is 18.9. The Morgan fingerprint density at radius 2 is 1.66 bits per heavy atom. The van der Waals surface area contributed by atoms with Gasteiger partial charge in [-0.2, -0.15) is 0 Å². The lowest BCUT2D eigenvalue weighted by Crippen LogP contribution is -2.36. The van der Waals surface area contributed by atoms with Crippen LogP contribution in [-0.4, -0.2) is 43.9 Å². The van der Waals surface area contributed by atoms with Gasteiger partial charge < -0.3 is 26.0 Å². The van der Waals surface area contributed by atoms with Gasteiger partial charge in [0.2, 0.25) is 5.91 Å². The smallest absolute Gasteiger partial charge is 0.257 e. The number of nitrogens with one attached hydrogen (secondary N) is 2. The number of fused-ring (bicyclic) bond motifs is 1. The second-order valence-corrected chi connectivity index (χ2v) is 8.34. The van der Waals surface area contributed by atoms with Crippen LogP contribution in [0.4, 0.5) is 17.1 Å². The van der Waals surface area contributed by atoms with Crippen molar-refractivity contribution in [3.05, 3.63) is 95.2 Å². The van der Waals surface area contributed by atoms with Gasteiger partial charge in [-0.25, -0.2) is 0 Å². The number of nitrogens with two attached hydrogens (primary N) is 1. The van der Waals surface area contributed by atoms with Gasteiger partial charge in [0.15, 0.2) is 5.78 Å². The number of primary amides is 1. The van der Waals surface area contributed by atoms with Crippen molar-refractivity contribution in [2.24, 2.45) is 5.73 Å². The number of nitrogens with zero attached hydrogens (tertiary/aromatic N) is 1. The van der Waals surface area contributed by atoms with Gasteiger partial charge in [0.25, 0.3) is 5.91 Å². The van der Waals surface area contributed by atoms with E-state index in [-0.39, 0.29) is 17.3 Å². The first kappa shape index (κ1) is 22.4. The number of morpholine rings is 1. The lowest BCUT2D eigenvalue weighted by atomic mass is 9.97. The Balaban J connectivity index is 1.36. The van der Waals surface area contributed by atoms with Crippen molar-refractivity contribution in [3.63, 3.8) is 0 Å². The summed E-state index contributed by atoms with van der Waals surface area (Å²) in [5.74, 6) is -1.11. The Morgan fingerprint density at radius 3 is 2.40 bits per heavy atom. The number of hydrogen-bond acceptors (Lipinski definition) is 6. The quantitative estimate of drug-likeness (QED) is 0.378. The van der Waals surface area contributed by atoms with E-state index in [0.717, 1.165) is 37.7 Å². The lowest BCUT2D eigenvalue weighted by Gasteiger charge is -2.28. The number of ketones is 1. The van der Waals surface area contributed by atoms with Gasteiger partial charge in [-0.05, 0) is 54.6 Å². The van der Waals surface area contributed by atoms with E-state index in [4.69, 9.17) is 10.5 Å². The van der Waals surface area contributed by atoms with Crippen LogP contribution in [0.1, 0.15) is 31.8 Å². The largest absolute Gasteiger partial charge is 0.378 e. The maximum atomic E-state index is 13.0. The van der Waals surface area contributed by atoms with E-state index in [1.54, 1.807) is 42.6 Å². The number of carbonyl (C=O) groups excluding carboxylic acids is 3.